The molecule has 1 fully saturated rings. The van der Waals surface area contributed by atoms with Crippen LogP contribution >= 0.6 is 0 Å². The minimum atomic E-state index is -0.367. The van der Waals surface area contributed by atoms with Crippen LogP contribution in [0.25, 0.3) is 0 Å². The third-order valence-electron chi connectivity index (χ3n) is 3.48. The van der Waals surface area contributed by atoms with E-state index in [0.29, 0.717) is 43.6 Å². The van der Waals surface area contributed by atoms with E-state index in [4.69, 9.17) is 14.0 Å². The molecular weight excluding hydrogens is 300 g/mol. The maximum atomic E-state index is 11.6. The largest absolute Gasteiger partial charge is 0.462 e. The molecule has 8 heteroatoms. The number of hydrogen-bond acceptors (Lipinski definition) is 8. The van der Waals surface area contributed by atoms with Crippen molar-refractivity contribution in [3.05, 3.63) is 35.6 Å². The zero-order valence-corrected chi connectivity index (χ0v) is 13.1. The molecule has 1 aliphatic heterocycles. The average molecular weight is 318 g/mol. The number of hydrogen-bond donors (Lipinski definition) is 0. The number of esters is 1. The molecule has 0 saturated carbocycles. The van der Waals surface area contributed by atoms with Gasteiger partial charge in [0.05, 0.1) is 25.3 Å². The van der Waals surface area contributed by atoms with Crippen LogP contribution in [0.3, 0.4) is 0 Å². The van der Waals surface area contributed by atoms with Gasteiger partial charge in [-0.3, -0.25) is 0 Å². The number of pyridine rings is 1. The lowest BCUT2D eigenvalue weighted by atomic mass is 10.2. The van der Waals surface area contributed by atoms with Gasteiger partial charge in [0.2, 0.25) is 11.7 Å². The van der Waals surface area contributed by atoms with Crippen LogP contribution in [0.5, 0.6) is 0 Å². The Morgan fingerprint density at radius 1 is 1.48 bits per heavy atom. The van der Waals surface area contributed by atoms with Crippen LogP contribution in [0, 0.1) is 6.92 Å². The molecule has 122 valence electrons. The predicted molar refractivity (Wildman–Crippen MR) is 80.1 cm³/mol. The standard InChI is InChI=1S/C15H18N4O4/c1-3-21-15(20)11-4-5-13(16-8-11)19-6-7-22-12(9-19)14-17-10(2)23-18-14/h4-5,8,12H,3,6-7,9H2,1-2H3. The lowest BCUT2D eigenvalue weighted by Gasteiger charge is -2.32. The predicted octanol–water partition coefficient (Wildman–Crippen LogP) is 1.53. The van der Waals surface area contributed by atoms with Crippen LogP contribution < -0.4 is 4.90 Å². The van der Waals surface area contributed by atoms with Gasteiger partial charge in [-0.2, -0.15) is 4.98 Å². The molecule has 0 aromatic carbocycles. The zero-order chi connectivity index (χ0) is 16.2. The van der Waals surface area contributed by atoms with Gasteiger partial charge in [-0.05, 0) is 19.1 Å². The maximum Gasteiger partial charge on any atom is 0.339 e. The number of nitrogens with zero attached hydrogens (tertiary/aromatic N) is 4. The van der Waals surface area contributed by atoms with Crippen LogP contribution in [0.2, 0.25) is 0 Å². The van der Waals surface area contributed by atoms with Gasteiger partial charge in [-0.1, -0.05) is 5.16 Å². The Hall–Kier alpha value is -2.48. The molecule has 1 atom stereocenters. The Labute approximate surface area is 133 Å². The van der Waals surface area contributed by atoms with Gasteiger partial charge in [0.15, 0.2) is 0 Å². The molecule has 23 heavy (non-hydrogen) atoms. The molecule has 0 spiro atoms. The number of aromatic nitrogens is 3. The summed E-state index contributed by atoms with van der Waals surface area (Å²) in [4.78, 5) is 22.3. The van der Waals surface area contributed by atoms with Gasteiger partial charge >= 0.3 is 5.97 Å². The first kappa shape index (κ1) is 15.4. The van der Waals surface area contributed by atoms with Gasteiger partial charge in [0.25, 0.3) is 0 Å². The fourth-order valence-electron chi connectivity index (χ4n) is 2.37. The monoisotopic (exact) mass is 318 g/mol. The van der Waals surface area contributed by atoms with Crippen molar-refractivity contribution in [3.63, 3.8) is 0 Å². The summed E-state index contributed by atoms with van der Waals surface area (Å²) in [6, 6.07) is 3.51. The summed E-state index contributed by atoms with van der Waals surface area (Å²) in [6.07, 6.45) is 1.27. The van der Waals surface area contributed by atoms with E-state index in [0.717, 1.165) is 5.82 Å². The number of ether oxygens (including phenoxy) is 2. The molecule has 0 aliphatic carbocycles. The summed E-state index contributed by atoms with van der Waals surface area (Å²) in [7, 11) is 0. The summed E-state index contributed by atoms with van der Waals surface area (Å²) in [5, 5.41) is 3.91. The minimum absolute atomic E-state index is 0.257. The highest BCUT2D eigenvalue weighted by Crippen LogP contribution is 2.23. The molecular formula is C15H18N4O4. The summed E-state index contributed by atoms with van der Waals surface area (Å²) < 4.78 is 15.6. The molecule has 2 aromatic heterocycles. The van der Waals surface area contributed by atoms with Crippen molar-refractivity contribution in [1.82, 2.24) is 15.1 Å². The third-order valence-corrected chi connectivity index (χ3v) is 3.48. The van der Waals surface area contributed by atoms with Gasteiger partial charge < -0.3 is 18.9 Å². The first-order valence-corrected chi connectivity index (χ1v) is 7.47. The van der Waals surface area contributed by atoms with E-state index in [9.17, 15) is 4.79 Å². The van der Waals surface area contributed by atoms with Crippen LogP contribution in [-0.2, 0) is 9.47 Å². The molecule has 8 nitrogen and oxygen atoms in total. The van der Waals surface area contributed by atoms with Crippen molar-refractivity contribution in [2.24, 2.45) is 0 Å². The quantitative estimate of drug-likeness (QED) is 0.784. The highest BCUT2D eigenvalue weighted by atomic mass is 16.5. The number of carbonyl (C=O) groups is 1. The molecule has 1 unspecified atom stereocenters. The maximum absolute atomic E-state index is 11.6. The van der Waals surface area contributed by atoms with E-state index < -0.39 is 0 Å². The fraction of sp³-hybridized carbons (Fsp3) is 0.467. The van der Waals surface area contributed by atoms with Crippen molar-refractivity contribution in [1.29, 1.82) is 0 Å². The van der Waals surface area contributed by atoms with E-state index in [2.05, 4.69) is 20.0 Å². The van der Waals surface area contributed by atoms with Gasteiger partial charge in [0.1, 0.15) is 11.9 Å². The Morgan fingerprint density at radius 3 is 3.00 bits per heavy atom. The highest BCUT2D eigenvalue weighted by molar-refractivity contribution is 5.89. The lowest BCUT2D eigenvalue weighted by Crippen LogP contribution is -2.39. The normalized spacial score (nSPS) is 18.0. The van der Waals surface area contributed by atoms with E-state index in [1.54, 1.807) is 26.0 Å². The molecule has 0 N–H and O–H groups in total. The summed E-state index contributed by atoms with van der Waals surface area (Å²) in [5.74, 6) is 1.45. The van der Waals surface area contributed by atoms with Gasteiger partial charge in [0, 0.05) is 19.7 Å². The smallest absolute Gasteiger partial charge is 0.339 e. The Morgan fingerprint density at radius 2 is 2.35 bits per heavy atom. The second-order valence-electron chi connectivity index (χ2n) is 5.10. The summed E-state index contributed by atoms with van der Waals surface area (Å²) in [5.41, 5.74) is 0.439. The van der Waals surface area contributed by atoms with Gasteiger partial charge in [-0.15, -0.1) is 0 Å². The third kappa shape index (κ3) is 3.48. The molecule has 0 amide bonds. The highest BCUT2D eigenvalue weighted by Gasteiger charge is 2.26. The van der Waals surface area contributed by atoms with Crippen molar-refractivity contribution in [2.75, 3.05) is 31.2 Å². The first-order valence-electron chi connectivity index (χ1n) is 7.47. The second-order valence-corrected chi connectivity index (χ2v) is 5.10. The van der Waals surface area contributed by atoms with Crippen LogP contribution in [0.15, 0.2) is 22.9 Å². The number of rotatable bonds is 4. The van der Waals surface area contributed by atoms with Crippen LogP contribution in [-0.4, -0.2) is 47.4 Å². The zero-order valence-electron chi connectivity index (χ0n) is 13.1. The SMILES string of the molecule is CCOC(=O)c1ccc(N2CCOC(c3noc(C)n3)C2)nc1. The van der Waals surface area contributed by atoms with E-state index >= 15 is 0 Å². The molecule has 2 aromatic rings. The number of morpholine rings is 1. The topological polar surface area (TPSA) is 90.6 Å². The molecule has 3 rings (SSSR count). The van der Waals surface area contributed by atoms with E-state index in [-0.39, 0.29) is 12.1 Å². The molecule has 1 aliphatic rings. The van der Waals surface area contributed by atoms with Crippen molar-refractivity contribution in [3.8, 4) is 0 Å². The summed E-state index contributed by atoms with van der Waals surface area (Å²) in [6.45, 7) is 5.68. The van der Waals surface area contributed by atoms with E-state index in [1.165, 1.54) is 6.20 Å². The van der Waals surface area contributed by atoms with Crippen molar-refractivity contribution >= 4 is 11.8 Å². The second kappa shape index (κ2) is 6.74. The molecule has 3 heterocycles. The first-order chi connectivity index (χ1) is 11.2. The van der Waals surface area contributed by atoms with Crippen molar-refractivity contribution < 1.29 is 18.8 Å². The number of aryl methyl sites for hydroxylation is 1. The fourth-order valence-corrected chi connectivity index (χ4v) is 2.37. The minimum Gasteiger partial charge on any atom is -0.462 e. The number of anilines is 1. The lowest BCUT2D eigenvalue weighted by molar-refractivity contribution is 0.0323. The Bertz CT molecular complexity index is 670. The average Bonchev–Trinajstić information content (AvgIpc) is 3.02. The Kier molecular flexibility index (Phi) is 4.52. The molecule has 0 radical (unpaired) electrons. The van der Waals surface area contributed by atoms with E-state index in [1.807, 2.05) is 0 Å². The molecule has 0 bridgehead atoms. The number of carbonyl (C=O) groups excluding carboxylic acids is 1. The van der Waals surface area contributed by atoms with Crippen molar-refractivity contribution in [2.45, 2.75) is 20.0 Å². The van der Waals surface area contributed by atoms with Crippen LogP contribution in [0.1, 0.15) is 35.1 Å². The Balaban J connectivity index is 1.70. The van der Waals surface area contributed by atoms with Gasteiger partial charge in [-0.25, -0.2) is 9.78 Å². The molecule has 1 saturated heterocycles. The summed E-state index contributed by atoms with van der Waals surface area (Å²) >= 11 is 0. The van der Waals surface area contributed by atoms with Crippen LogP contribution in [0.4, 0.5) is 5.82 Å².